The Balaban J connectivity index is 1.89. The molecular formula is C19H19N3O4S. The summed E-state index contributed by atoms with van der Waals surface area (Å²) in [6.07, 6.45) is 1.59. The summed E-state index contributed by atoms with van der Waals surface area (Å²) in [5.41, 5.74) is 2.16. The van der Waals surface area contributed by atoms with Crippen LogP contribution in [0.4, 0.5) is 5.69 Å². The van der Waals surface area contributed by atoms with Gasteiger partial charge in [-0.15, -0.1) is 11.3 Å². The van der Waals surface area contributed by atoms with E-state index in [1.54, 1.807) is 45.8 Å². The number of thiazole rings is 1. The van der Waals surface area contributed by atoms with Gasteiger partial charge in [0.2, 0.25) is 0 Å². The highest BCUT2D eigenvalue weighted by Crippen LogP contribution is 2.39. The molecule has 140 valence electrons. The summed E-state index contributed by atoms with van der Waals surface area (Å²) in [6, 6.07) is 6.97. The molecule has 0 unspecified atom stereocenters. The minimum atomic E-state index is -0.346. The first-order valence-electron chi connectivity index (χ1n) is 8.10. The average Bonchev–Trinajstić information content (AvgIpc) is 3.15. The van der Waals surface area contributed by atoms with Crippen LogP contribution in [-0.2, 0) is 7.05 Å². The molecule has 8 heteroatoms. The molecule has 2 aromatic heterocycles. The van der Waals surface area contributed by atoms with Crippen molar-refractivity contribution in [2.75, 3.05) is 19.5 Å². The summed E-state index contributed by atoms with van der Waals surface area (Å²) >= 11 is 1.34. The van der Waals surface area contributed by atoms with Crippen LogP contribution in [0.15, 0.2) is 40.6 Å². The first-order chi connectivity index (χ1) is 12.9. The number of anilines is 1. The molecule has 0 aliphatic heterocycles. The highest BCUT2D eigenvalue weighted by molar-refractivity contribution is 7.13. The van der Waals surface area contributed by atoms with E-state index in [-0.39, 0.29) is 17.2 Å². The van der Waals surface area contributed by atoms with E-state index >= 15 is 0 Å². The molecule has 1 amide bonds. The number of nitrogens with zero attached hydrogens (tertiary/aromatic N) is 2. The zero-order valence-corrected chi connectivity index (χ0v) is 16.2. The minimum Gasteiger partial charge on any atom is -0.493 e. The third-order valence-corrected chi connectivity index (χ3v) is 4.93. The van der Waals surface area contributed by atoms with Crippen molar-refractivity contribution in [1.82, 2.24) is 9.55 Å². The van der Waals surface area contributed by atoms with Gasteiger partial charge in [0.05, 0.1) is 25.5 Å². The number of methoxy groups -OCH3 is 2. The highest BCUT2D eigenvalue weighted by atomic mass is 32.1. The zero-order valence-electron chi connectivity index (χ0n) is 15.4. The lowest BCUT2D eigenvalue weighted by Crippen LogP contribution is -2.19. The highest BCUT2D eigenvalue weighted by Gasteiger charge is 2.17. The molecule has 0 fully saturated rings. The van der Waals surface area contributed by atoms with Gasteiger partial charge in [0.1, 0.15) is 10.7 Å². The van der Waals surface area contributed by atoms with Crippen molar-refractivity contribution < 1.29 is 14.3 Å². The molecule has 0 saturated heterocycles. The minimum absolute atomic E-state index is 0.133. The van der Waals surface area contributed by atoms with E-state index in [1.165, 1.54) is 22.0 Å². The lowest BCUT2D eigenvalue weighted by atomic mass is 10.2. The van der Waals surface area contributed by atoms with E-state index in [4.69, 9.17) is 9.47 Å². The number of rotatable bonds is 5. The fraction of sp³-hybridized carbons (Fsp3) is 0.211. The van der Waals surface area contributed by atoms with Crippen molar-refractivity contribution in [1.29, 1.82) is 0 Å². The van der Waals surface area contributed by atoms with E-state index in [9.17, 15) is 9.59 Å². The standard InChI is InChI=1S/C19H19N3O4S/c1-11-8-16(23)22(2)9-13(11)20-18(24)14-10-27-19(21-14)12-6-5-7-15(25-3)17(12)26-4/h5-10H,1-4H3,(H,20,24). The van der Waals surface area contributed by atoms with E-state index in [2.05, 4.69) is 10.3 Å². The largest absolute Gasteiger partial charge is 0.493 e. The number of pyridine rings is 1. The molecule has 1 aromatic carbocycles. The Hall–Kier alpha value is -3.13. The number of ether oxygens (including phenoxy) is 2. The number of amides is 1. The maximum Gasteiger partial charge on any atom is 0.275 e. The molecule has 0 atom stereocenters. The van der Waals surface area contributed by atoms with Gasteiger partial charge in [0.15, 0.2) is 11.5 Å². The normalized spacial score (nSPS) is 10.5. The summed E-state index contributed by atoms with van der Waals surface area (Å²) in [5.74, 6) is 0.813. The molecule has 27 heavy (non-hydrogen) atoms. The third-order valence-electron chi connectivity index (χ3n) is 4.05. The Kier molecular flexibility index (Phi) is 5.27. The number of carbonyl (C=O) groups is 1. The molecule has 0 aliphatic rings. The molecule has 3 aromatic rings. The van der Waals surface area contributed by atoms with Crippen LogP contribution in [0.5, 0.6) is 11.5 Å². The number of aryl methyl sites for hydroxylation is 2. The Morgan fingerprint density at radius 2 is 2.04 bits per heavy atom. The van der Waals surface area contributed by atoms with E-state index in [0.717, 1.165) is 5.56 Å². The summed E-state index contributed by atoms with van der Waals surface area (Å²) in [7, 11) is 4.76. The van der Waals surface area contributed by atoms with Crippen molar-refractivity contribution in [2.45, 2.75) is 6.92 Å². The molecule has 7 nitrogen and oxygen atoms in total. The molecule has 2 heterocycles. The SMILES string of the molecule is COc1cccc(-c2nc(C(=O)Nc3cn(C)c(=O)cc3C)cs2)c1OC. The van der Waals surface area contributed by atoms with Crippen LogP contribution in [0.2, 0.25) is 0 Å². The Morgan fingerprint density at radius 3 is 2.74 bits per heavy atom. The van der Waals surface area contributed by atoms with Gasteiger partial charge >= 0.3 is 0 Å². The van der Waals surface area contributed by atoms with Gasteiger partial charge in [-0.25, -0.2) is 4.98 Å². The van der Waals surface area contributed by atoms with Crippen LogP contribution in [0.1, 0.15) is 16.1 Å². The second kappa shape index (κ2) is 7.63. The fourth-order valence-corrected chi connectivity index (χ4v) is 3.42. The molecular weight excluding hydrogens is 366 g/mol. The number of nitrogens with one attached hydrogen (secondary N) is 1. The second-order valence-corrected chi connectivity index (χ2v) is 6.71. The van der Waals surface area contributed by atoms with E-state index in [0.29, 0.717) is 27.8 Å². The fourth-order valence-electron chi connectivity index (χ4n) is 2.60. The molecule has 3 rings (SSSR count). The molecule has 0 saturated carbocycles. The lowest BCUT2D eigenvalue weighted by molar-refractivity contribution is 0.102. The summed E-state index contributed by atoms with van der Waals surface area (Å²) < 4.78 is 12.2. The van der Waals surface area contributed by atoms with Crippen LogP contribution in [0.3, 0.4) is 0 Å². The van der Waals surface area contributed by atoms with Gasteiger partial charge in [-0.2, -0.15) is 0 Å². The number of aromatic nitrogens is 2. The van der Waals surface area contributed by atoms with Crippen LogP contribution >= 0.6 is 11.3 Å². The predicted octanol–water partition coefficient (Wildman–Crippen LogP) is 3.09. The molecule has 0 radical (unpaired) electrons. The summed E-state index contributed by atoms with van der Waals surface area (Å²) in [4.78, 5) is 28.6. The maximum absolute atomic E-state index is 12.6. The lowest BCUT2D eigenvalue weighted by Gasteiger charge is -2.10. The first-order valence-corrected chi connectivity index (χ1v) is 8.98. The zero-order chi connectivity index (χ0) is 19.6. The quantitative estimate of drug-likeness (QED) is 0.730. The van der Waals surface area contributed by atoms with Gasteiger partial charge in [0.25, 0.3) is 11.5 Å². The molecule has 0 spiro atoms. The van der Waals surface area contributed by atoms with Crippen LogP contribution in [0.25, 0.3) is 10.6 Å². The molecule has 0 aliphatic carbocycles. The molecule has 1 N–H and O–H groups in total. The van der Waals surface area contributed by atoms with Crippen LogP contribution in [0, 0.1) is 6.92 Å². The van der Waals surface area contributed by atoms with Gasteiger partial charge in [-0.3, -0.25) is 9.59 Å². The van der Waals surface area contributed by atoms with Crippen molar-refractivity contribution in [3.05, 3.63) is 57.5 Å². The number of hydrogen-bond acceptors (Lipinski definition) is 6. The Bertz CT molecular complexity index is 1060. The van der Waals surface area contributed by atoms with Crippen LogP contribution in [-0.4, -0.2) is 29.7 Å². The topological polar surface area (TPSA) is 82.5 Å². The number of benzene rings is 1. The van der Waals surface area contributed by atoms with Gasteiger partial charge < -0.3 is 19.4 Å². The second-order valence-electron chi connectivity index (χ2n) is 5.85. The monoisotopic (exact) mass is 385 g/mol. The third kappa shape index (κ3) is 3.70. The van der Waals surface area contributed by atoms with Crippen LogP contribution < -0.4 is 20.3 Å². The van der Waals surface area contributed by atoms with Gasteiger partial charge in [-0.05, 0) is 24.6 Å². The van der Waals surface area contributed by atoms with Crippen molar-refractivity contribution in [2.24, 2.45) is 7.05 Å². The van der Waals surface area contributed by atoms with Gasteiger partial charge in [0, 0.05) is 24.7 Å². The molecule has 0 bridgehead atoms. The maximum atomic E-state index is 12.6. The number of para-hydroxylation sites is 1. The average molecular weight is 385 g/mol. The summed E-state index contributed by atoms with van der Waals surface area (Å²) in [6.45, 7) is 1.77. The first kappa shape index (κ1) is 18.7. The smallest absolute Gasteiger partial charge is 0.275 e. The Morgan fingerprint density at radius 1 is 1.26 bits per heavy atom. The van der Waals surface area contributed by atoms with E-state index in [1.807, 2.05) is 12.1 Å². The Labute approximate surface area is 160 Å². The van der Waals surface area contributed by atoms with Crippen molar-refractivity contribution in [3.8, 4) is 22.1 Å². The predicted molar refractivity (Wildman–Crippen MR) is 105 cm³/mol. The number of hydrogen-bond donors (Lipinski definition) is 1. The summed E-state index contributed by atoms with van der Waals surface area (Å²) in [5, 5.41) is 5.13. The number of carbonyl (C=O) groups excluding carboxylic acids is 1. The van der Waals surface area contributed by atoms with Crippen molar-refractivity contribution in [3.63, 3.8) is 0 Å². The van der Waals surface area contributed by atoms with Crippen molar-refractivity contribution >= 4 is 22.9 Å². The van der Waals surface area contributed by atoms with Gasteiger partial charge in [-0.1, -0.05) is 6.07 Å². The van der Waals surface area contributed by atoms with E-state index < -0.39 is 0 Å².